The second kappa shape index (κ2) is 11.5. The van der Waals surface area contributed by atoms with Crippen molar-refractivity contribution < 1.29 is 22.3 Å². The summed E-state index contributed by atoms with van der Waals surface area (Å²) in [6, 6.07) is 13.3. The van der Waals surface area contributed by atoms with Gasteiger partial charge in [0.25, 0.3) is 0 Å². The lowest BCUT2D eigenvalue weighted by molar-refractivity contribution is -0.121. The highest BCUT2D eigenvalue weighted by Crippen LogP contribution is 2.30. The minimum Gasteiger partial charge on any atom is -0.492 e. The van der Waals surface area contributed by atoms with Crippen molar-refractivity contribution in [1.29, 1.82) is 0 Å². The zero-order chi connectivity index (χ0) is 22.0. The van der Waals surface area contributed by atoms with Crippen molar-refractivity contribution in [3.05, 3.63) is 59.9 Å². The molecule has 0 heterocycles. The number of anilines is 1. The van der Waals surface area contributed by atoms with E-state index in [0.717, 1.165) is 24.7 Å². The van der Waals surface area contributed by atoms with Crippen LogP contribution in [0.15, 0.2) is 48.5 Å². The van der Waals surface area contributed by atoms with Gasteiger partial charge < -0.3 is 10.1 Å². The van der Waals surface area contributed by atoms with Crippen LogP contribution in [0, 0.1) is 5.82 Å². The largest absolute Gasteiger partial charge is 0.492 e. The lowest BCUT2D eigenvalue weighted by Crippen LogP contribution is -2.32. The molecular weight excluding hydrogens is 407 g/mol. The van der Waals surface area contributed by atoms with Crippen LogP contribution in [0.2, 0.25) is 0 Å². The van der Waals surface area contributed by atoms with Crippen molar-refractivity contribution >= 4 is 21.6 Å². The predicted octanol–water partition coefficient (Wildman–Crippen LogP) is 3.52. The summed E-state index contributed by atoms with van der Waals surface area (Å²) in [4.78, 5) is 12.1. The number of sulfonamides is 1. The van der Waals surface area contributed by atoms with Crippen molar-refractivity contribution in [2.75, 3.05) is 30.3 Å². The van der Waals surface area contributed by atoms with Crippen LogP contribution in [0.5, 0.6) is 5.75 Å². The van der Waals surface area contributed by atoms with Crippen LogP contribution in [0.4, 0.5) is 10.1 Å². The summed E-state index contributed by atoms with van der Waals surface area (Å²) in [6.07, 6.45) is 3.24. The molecule has 2 aromatic rings. The van der Waals surface area contributed by atoms with Gasteiger partial charge in [-0.05, 0) is 56.0 Å². The Morgan fingerprint density at radius 1 is 1.10 bits per heavy atom. The van der Waals surface area contributed by atoms with Gasteiger partial charge in [0.2, 0.25) is 15.9 Å². The fourth-order valence-corrected chi connectivity index (χ4v) is 4.02. The Morgan fingerprint density at radius 2 is 1.80 bits per heavy atom. The number of nitrogens with zero attached hydrogens (tertiary/aromatic N) is 1. The number of carbonyl (C=O) groups excluding carboxylic acids is 1. The molecular formula is C22H29FN2O4S. The van der Waals surface area contributed by atoms with Crippen LogP contribution >= 0.6 is 0 Å². The first kappa shape index (κ1) is 23.7. The van der Waals surface area contributed by atoms with Gasteiger partial charge in [0.05, 0.1) is 18.6 Å². The van der Waals surface area contributed by atoms with Gasteiger partial charge in [0, 0.05) is 19.5 Å². The van der Waals surface area contributed by atoms with E-state index in [1.54, 1.807) is 36.4 Å². The minimum atomic E-state index is -3.52. The molecule has 2 rings (SSSR count). The van der Waals surface area contributed by atoms with Crippen molar-refractivity contribution in [2.45, 2.75) is 32.6 Å². The Balaban J connectivity index is 1.81. The van der Waals surface area contributed by atoms with Gasteiger partial charge in [0.15, 0.2) is 0 Å². The molecule has 1 amide bonds. The van der Waals surface area contributed by atoms with Crippen LogP contribution in [0.1, 0.15) is 31.7 Å². The van der Waals surface area contributed by atoms with Gasteiger partial charge in [0.1, 0.15) is 11.6 Å². The molecule has 0 spiro atoms. The quantitative estimate of drug-likeness (QED) is 0.517. The average Bonchev–Trinajstić information content (AvgIpc) is 2.70. The third-order valence-electron chi connectivity index (χ3n) is 4.48. The summed E-state index contributed by atoms with van der Waals surface area (Å²) in [5.74, 6) is 0.107. The summed E-state index contributed by atoms with van der Waals surface area (Å²) < 4.78 is 44.3. The van der Waals surface area contributed by atoms with Gasteiger partial charge in [-0.25, -0.2) is 12.8 Å². The van der Waals surface area contributed by atoms with Crippen molar-refractivity contribution in [1.82, 2.24) is 5.32 Å². The van der Waals surface area contributed by atoms with E-state index in [1.807, 2.05) is 6.92 Å². The SMILES string of the molecule is CCOc1ccccc1N(CCCC(=O)NCCCc1ccc(F)cc1)S(C)(=O)=O. The normalized spacial score (nSPS) is 11.2. The number of carbonyl (C=O) groups is 1. The summed E-state index contributed by atoms with van der Waals surface area (Å²) >= 11 is 0. The third-order valence-corrected chi connectivity index (χ3v) is 5.66. The molecule has 0 radical (unpaired) electrons. The Labute approximate surface area is 178 Å². The fourth-order valence-electron chi connectivity index (χ4n) is 3.05. The van der Waals surface area contributed by atoms with Gasteiger partial charge in [-0.3, -0.25) is 9.10 Å². The van der Waals surface area contributed by atoms with E-state index < -0.39 is 10.0 Å². The highest BCUT2D eigenvalue weighted by Gasteiger charge is 2.21. The predicted molar refractivity (Wildman–Crippen MR) is 117 cm³/mol. The minimum absolute atomic E-state index is 0.124. The number of hydrogen-bond acceptors (Lipinski definition) is 4. The number of para-hydroxylation sites is 2. The highest BCUT2D eigenvalue weighted by atomic mass is 32.2. The number of nitrogens with one attached hydrogen (secondary N) is 1. The molecule has 164 valence electrons. The van der Waals surface area contributed by atoms with Crippen LogP contribution < -0.4 is 14.4 Å². The molecule has 6 nitrogen and oxygen atoms in total. The molecule has 0 aliphatic rings. The number of amides is 1. The Bertz CT molecular complexity index is 917. The number of ether oxygens (including phenoxy) is 1. The summed E-state index contributed by atoms with van der Waals surface area (Å²) in [5, 5.41) is 2.84. The van der Waals surface area contributed by atoms with Crippen molar-refractivity contribution in [2.24, 2.45) is 0 Å². The summed E-state index contributed by atoms with van der Waals surface area (Å²) in [5.41, 5.74) is 1.49. The van der Waals surface area contributed by atoms with E-state index >= 15 is 0 Å². The molecule has 0 atom stereocenters. The first-order chi connectivity index (χ1) is 14.3. The molecule has 2 aromatic carbocycles. The molecule has 0 saturated heterocycles. The van der Waals surface area contributed by atoms with Gasteiger partial charge in [-0.15, -0.1) is 0 Å². The molecule has 0 bridgehead atoms. The standard InChI is InChI=1S/C22H29FN2O4S/c1-3-29-21-10-5-4-9-20(21)25(30(2,27)28)17-7-11-22(26)24-16-6-8-18-12-14-19(23)15-13-18/h4-5,9-10,12-15H,3,6-8,11,16-17H2,1-2H3,(H,24,26). The Hall–Kier alpha value is -2.61. The molecule has 1 N–H and O–H groups in total. The highest BCUT2D eigenvalue weighted by molar-refractivity contribution is 7.92. The van der Waals surface area contributed by atoms with E-state index in [9.17, 15) is 17.6 Å². The summed E-state index contributed by atoms with van der Waals surface area (Å²) in [7, 11) is -3.52. The second-order valence-electron chi connectivity index (χ2n) is 6.92. The fraction of sp³-hybridized carbons (Fsp3) is 0.409. The Morgan fingerprint density at radius 3 is 2.47 bits per heavy atom. The lowest BCUT2D eigenvalue weighted by atomic mass is 10.1. The number of benzene rings is 2. The van der Waals surface area contributed by atoms with E-state index in [0.29, 0.717) is 31.0 Å². The topological polar surface area (TPSA) is 75.7 Å². The van der Waals surface area contributed by atoms with Crippen LogP contribution in [-0.2, 0) is 21.2 Å². The smallest absolute Gasteiger partial charge is 0.232 e. The number of hydrogen-bond donors (Lipinski definition) is 1. The van der Waals surface area contributed by atoms with Gasteiger partial charge >= 0.3 is 0 Å². The maximum absolute atomic E-state index is 12.9. The first-order valence-electron chi connectivity index (χ1n) is 10.0. The van der Waals surface area contributed by atoms with E-state index in [-0.39, 0.29) is 24.7 Å². The first-order valence-corrected chi connectivity index (χ1v) is 11.9. The Kier molecular flexibility index (Phi) is 9.11. The monoisotopic (exact) mass is 436 g/mol. The summed E-state index contributed by atoms with van der Waals surface area (Å²) in [6.45, 7) is 2.96. The van der Waals surface area contributed by atoms with Crippen LogP contribution in [-0.4, -0.2) is 40.3 Å². The second-order valence-corrected chi connectivity index (χ2v) is 8.83. The van der Waals surface area contributed by atoms with E-state index in [2.05, 4.69) is 5.32 Å². The van der Waals surface area contributed by atoms with Gasteiger partial charge in [-0.2, -0.15) is 0 Å². The lowest BCUT2D eigenvalue weighted by Gasteiger charge is -2.24. The number of halogens is 1. The zero-order valence-corrected chi connectivity index (χ0v) is 18.3. The van der Waals surface area contributed by atoms with Crippen LogP contribution in [0.25, 0.3) is 0 Å². The number of rotatable bonds is 12. The van der Waals surface area contributed by atoms with Crippen molar-refractivity contribution in [3.8, 4) is 5.75 Å². The molecule has 8 heteroatoms. The van der Waals surface area contributed by atoms with Crippen LogP contribution in [0.3, 0.4) is 0 Å². The molecule has 0 aliphatic carbocycles. The molecule has 0 aromatic heterocycles. The average molecular weight is 437 g/mol. The molecule has 30 heavy (non-hydrogen) atoms. The molecule has 0 aliphatic heterocycles. The van der Waals surface area contributed by atoms with Crippen molar-refractivity contribution in [3.63, 3.8) is 0 Å². The third kappa shape index (κ3) is 7.67. The maximum atomic E-state index is 12.9. The molecule has 0 unspecified atom stereocenters. The number of aryl methyl sites for hydroxylation is 1. The van der Waals surface area contributed by atoms with E-state index in [1.165, 1.54) is 16.4 Å². The maximum Gasteiger partial charge on any atom is 0.232 e. The molecule has 0 saturated carbocycles. The molecule has 0 fully saturated rings. The van der Waals surface area contributed by atoms with Gasteiger partial charge in [-0.1, -0.05) is 24.3 Å². The van der Waals surface area contributed by atoms with E-state index in [4.69, 9.17) is 4.74 Å². The zero-order valence-electron chi connectivity index (χ0n) is 17.4.